The fraction of sp³-hybridized carbons (Fsp3) is 0.200. The summed E-state index contributed by atoms with van der Waals surface area (Å²) in [6.07, 6.45) is 1.56. The second-order valence-electron chi connectivity index (χ2n) is 3.36. The van der Waals surface area contributed by atoms with Gasteiger partial charge in [-0.15, -0.1) is 6.58 Å². The van der Waals surface area contributed by atoms with Crippen molar-refractivity contribution in [1.82, 2.24) is 0 Å². The highest BCUT2D eigenvalue weighted by atomic mass is 35.5. The van der Waals surface area contributed by atoms with Crippen molar-refractivity contribution in [3.8, 4) is 0 Å². The number of alkyl halides is 1. The van der Waals surface area contributed by atoms with E-state index in [1.807, 2.05) is 0 Å². The standard InChI is InChI=1S/C10H8ClFN2O2S/c1-2-5-13-9-7(14(15)16)4-3-6(11)8(9)10(12)17-13/h2-4,10H,1,5H2. The molecule has 1 aliphatic rings. The molecule has 1 unspecified atom stereocenters. The average Bonchev–Trinajstić information content (AvgIpc) is 2.58. The Morgan fingerprint density at radius 2 is 2.41 bits per heavy atom. The molecule has 0 amide bonds. The van der Waals surface area contributed by atoms with Gasteiger partial charge in [0.25, 0.3) is 5.69 Å². The molecule has 0 bridgehead atoms. The highest BCUT2D eigenvalue weighted by Crippen LogP contribution is 2.54. The van der Waals surface area contributed by atoms with E-state index in [1.165, 1.54) is 16.4 Å². The van der Waals surface area contributed by atoms with Crippen molar-refractivity contribution >= 4 is 34.9 Å². The van der Waals surface area contributed by atoms with E-state index in [4.69, 9.17) is 11.6 Å². The SMILES string of the molecule is C=CCN1SC(F)c2c(Cl)ccc([N+](=O)[O-])c21. The van der Waals surface area contributed by atoms with E-state index in [-0.39, 0.29) is 22.0 Å². The van der Waals surface area contributed by atoms with Crippen LogP contribution in [0.15, 0.2) is 24.8 Å². The van der Waals surface area contributed by atoms with Crippen LogP contribution in [0, 0.1) is 10.1 Å². The van der Waals surface area contributed by atoms with Gasteiger partial charge in [-0.25, -0.2) is 4.39 Å². The summed E-state index contributed by atoms with van der Waals surface area (Å²) < 4.78 is 15.3. The van der Waals surface area contributed by atoms with Crippen molar-refractivity contribution in [1.29, 1.82) is 0 Å². The zero-order valence-electron chi connectivity index (χ0n) is 8.60. The van der Waals surface area contributed by atoms with Gasteiger partial charge in [-0.3, -0.25) is 10.1 Å². The van der Waals surface area contributed by atoms with Crippen molar-refractivity contribution in [2.24, 2.45) is 0 Å². The number of hydrogen-bond acceptors (Lipinski definition) is 4. The summed E-state index contributed by atoms with van der Waals surface area (Å²) in [7, 11) is 0. The third kappa shape index (κ3) is 1.98. The Morgan fingerprint density at radius 3 is 3.00 bits per heavy atom. The van der Waals surface area contributed by atoms with Gasteiger partial charge in [-0.05, 0) is 18.0 Å². The van der Waals surface area contributed by atoms with Crippen molar-refractivity contribution in [2.45, 2.75) is 5.50 Å². The molecule has 1 aromatic carbocycles. The van der Waals surface area contributed by atoms with Crippen molar-refractivity contribution in [3.63, 3.8) is 0 Å². The molecule has 0 radical (unpaired) electrons. The third-order valence-corrected chi connectivity index (χ3v) is 3.67. The lowest BCUT2D eigenvalue weighted by Crippen LogP contribution is -2.11. The first-order valence-corrected chi connectivity index (χ1v) is 5.93. The van der Waals surface area contributed by atoms with Gasteiger partial charge in [0.05, 0.1) is 9.95 Å². The molecule has 1 atom stereocenters. The van der Waals surface area contributed by atoms with Crippen LogP contribution >= 0.6 is 23.5 Å². The number of anilines is 1. The quantitative estimate of drug-likeness (QED) is 0.363. The summed E-state index contributed by atoms with van der Waals surface area (Å²) in [4.78, 5) is 10.4. The number of nitro groups is 1. The van der Waals surface area contributed by atoms with Gasteiger partial charge in [0.1, 0.15) is 5.69 Å². The zero-order valence-corrected chi connectivity index (χ0v) is 10.2. The lowest BCUT2D eigenvalue weighted by molar-refractivity contribution is -0.384. The maximum Gasteiger partial charge on any atom is 0.293 e. The average molecular weight is 275 g/mol. The predicted octanol–water partition coefficient (Wildman–Crippen LogP) is 3.87. The van der Waals surface area contributed by atoms with Gasteiger partial charge >= 0.3 is 0 Å². The molecule has 0 saturated heterocycles. The lowest BCUT2D eigenvalue weighted by atomic mass is 10.1. The van der Waals surface area contributed by atoms with Gasteiger partial charge in [0.2, 0.25) is 0 Å². The summed E-state index contributed by atoms with van der Waals surface area (Å²) in [5.74, 6) is 0. The molecule has 0 fully saturated rings. The minimum atomic E-state index is -1.38. The van der Waals surface area contributed by atoms with E-state index in [9.17, 15) is 14.5 Å². The first-order valence-electron chi connectivity index (χ1n) is 4.72. The second-order valence-corrected chi connectivity index (χ2v) is 4.83. The topological polar surface area (TPSA) is 46.4 Å². The Labute approximate surface area is 106 Å². The number of hydrogen-bond donors (Lipinski definition) is 0. The van der Waals surface area contributed by atoms with Crippen LogP contribution in [0.5, 0.6) is 0 Å². The van der Waals surface area contributed by atoms with Crippen molar-refractivity contribution in [2.75, 3.05) is 10.8 Å². The maximum atomic E-state index is 13.8. The van der Waals surface area contributed by atoms with E-state index in [0.29, 0.717) is 6.54 Å². The Hall–Kier alpha value is -1.27. The molecule has 7 heteroatoms. The summed E-state index contributed by atoms with van der Waals surface area (Å²) in [5.41, 5.74) is -1.11. The van der Waals surface area contributed by atoms with Crippen molar-refractivity contribution < 1.29 is 9.31 Å². The smallest absolute Gasteiger partial charge is 0.293 e. The van der Waals surface area contributed by atoms with Crippen molar-refractivity contribution in [3.05, 3.63) is 45.5 Å². The van der Waals surface area contributed by atoms with Crippen LogP contribution in [0.2, 0.25) is 5.02 Å². The molecule has 4 nitrogen and oxygen atoms in total. The second kappa shape index (κ2) is 4.54. The minimum Gasteiger partial charge on any atom is -0.303 e. The first kappa shape index (κ1) is 12.2. The minimum absolute atomic E-state index is 0.140. The molecule has 2 rings (SSSR count). The molecule has 1 heterocycles. The molecule has 17 heavy (non-hydrogen) atoms. The number of fused-ring (bicyclic) bond motifs is 1. The van der Waals surface area contributed by atoms with E-state index in [0.717, 1.165) is 11.9 Å². The molecule has 0 aliphatic carbocycles. The number of nitro benzene ring substituents is 1. The first-order chi connectivity index (χ1) is 8.06. The molecule has 1 aromatic rings. The monoisotopic (exact) mass is 274 g/mol. The Bertz CT molecular complexity index is 497. The Morgan fingerprint density at radius 1 is 1.71 bits per heavy atom. The fourth-order valence-corrected chi connectivity index (χ4v) is 3.04. The molecule has 0 saturated carbocycles. The van der Waals surface area contributed by atoms with Gasteiger partial charge in [-0.1, -0.05) is 17.7 Å². The van der Waals surface area contributed by atoms with Gasteiger partial charge in [0.15, 0.2) is 5.50 Å². The Kier molecular flexibility index (Phi) is 3.26. The van der Waals surface area contributed by atoms with Crippen LogP contribution in [0.4, 0.5) is 15.8 Å². The fourth-order valence-electron chi connectivity index (χ4n) is 1.67. The summed E-state index contributed by atoms with van der Waals surface area (Å²) in [6, 6.07) is 2.64. The van der Waals surface area contributed by atoms with E-state index in [2.05, 4.69) is 6.58 Å². The van der Waals surface area contributed by atoms with Crippen LogP contribution < -0.4 is 4.31 Å². The third-order valence-electron chi connectivity index (χ3n) is 2.33. The van der Waals surface area contributed by atoms with Crippen LogP contribution in [0.3, 0.4) is 0 Å². The molecule has 0 spiro atoms. The van der Waals surface area contributed by atoms with Gasteiger partial charge in [-0.2, -0.15) is 0 Å². The molecule has 1 aliphatic heterocycles. The number of rotatable bonds is 3. The number of nitrogens with zero attached hydrogens (tertiary/aromatic N) is 2. The zero-order chi connectivity index (χ0) is 12.6. The lowest BCUT2D eigenvalue weighted by Gasteiger charge is -2.14. The molecular formula is C10H8ClFN2O2S. The summed E-state index contributed by atoms with van der Waals surface area (Å²) in [5, 5.41) is 11.1. The predicted molar refractivity (Wildman–Crippen MR) is 67.1 cm³/mol. The Balaban J connectivity index is 2.62. The van der Waals surface area contributed by atoms with Gasteiger partial charge < -0.3 is 4.31 Å². The normalized spacial score (nSPS) is 18.0. The van der Waals surface area contributed by atoms with E-state index >= 15 is 0 Å². The molecule has 90 valence electrons. The van der Waals surface area contributed by atoms with Gasteiger partial charge in [0, 0.05) is 18.2 Å². The van der Waals surface area contributed by atoms with E-state index in [1.54, 1.807) is 6.08 Å². The molecule has 0 N–H and O–H groups in total. The van der Waals surface area contributed by atoms with E-state index < -0.39 is 10.4 Å². The van der Waals surface area contributed by atoms with Crippen LogP contribution in [0.1, 0.15) is 11.1 Å². The molecule has 0 aromatic heterocycles. The highest BCUT2D eigenvalue weighted by Gasteiger charge is 2.37. The number of benzene rings is 1. The van der Waals surface area contributed by atoms with Crippen LogP contribution in [-0.2, 0) is 0 Å². The molecular weight excluding hydrogens is 267 g/mol. The maximum absolute atomic E-state index is 13.8. The summed E-state index contributed by atoms with van der Waals surface area (Å²) >= 11 is 6.75. The van der Waals surface area contributed by atoms with Crippen LogP contribution in [-0.4, -0.2) is 11.5 Å². The highest BCUT2D eigenvalue weighted by molar-refractivity contribution is 8.01. The largest absolute Gasteiger partial charge is 0.303 e. The summed E-state index contributed by atoms with van der Waals surface area (Å²) in [6.45, 7) is 3.86. The number of halogens is 2. The van der Waals surface area contributed by atoms with Crippen LogP contribution in [0.25, 0.3) is 0 Å².